The molecule has 1 amide bonds. The van der Waals surface area contributed by atoms with E-state index in [2.05, 4.69) is 40.8 Å². The molecule has 1 aromatic rings. The van der Waals surface area contributed by atoms with Crippen molar-refractivity contribution in [2.45, 2.75) is 13.3 Å². The Morgan fingerprint density at radius 2 is 2.24 bits per heavy atom. The van der Waals surface area contributed by atoms with Crippen LogP contribution in [0.1, 0.15) is 12.5 Å². The number of nitrogens with one attached hydrogen (secondary N) is 2. The summed E-state index contributed by atoms with van der Waals surface area (Å²) >= 11 is 0. The standard InChI is InChI=1S/C13H19N3O/c1-10(17)14-6-7-15-12-3-4-13-11(9-12)5-8-16(13)2/h3-4,9,15H,5-8H2,1-2H3,(H,14,17). The van der Waals surface area contributed by atoms with Gasteiger partial charge in [0.05, 0.1) is 0 Å². The second-order valence-electron chi connectivity index (χ2n) is 4.42. The highest BCUT2D eigenvalue weighted by Gasteiger charge is 2.15. The molecule has 0 aromatic heterocycles. The Labute approximate surface area is 102 Å². The number of benzene rings is 1. The third-order valence-electron chi connectivity index (χ3n) is 3.04. The molecule has 1 aromatic carbocycles. The average Bonchev–Trinajstić information content (AvgIpc) is 2.66. The lowest BCUT2D eigenvalue weighted by Gasteiger charge is -2.13. The van der Waals surface area contributed by atoms with Crippen molar-refractivity contribution in [2.24, 2.45) is 0 Å². The largest absolute Gasteiger partial charge is 0.383 e. The van der Waals surface area contributed by atoms with Gasteiger partial charge >= 0.3 is 0 Å². The van der Waals surface area contributed by atoms with Crippen molar-refractivity contribution < 1.29 is 4.79 Å². The van der Waals surface area contributed by atoms with Gasteiger partial charge in [0.2, 0.25) is 5.91 Å². The molecule has 0 unspecified atom stereocenters. The van der Waals surface area contributed by atoms with Gasteiger partial charge in [-0.1, -0.05) is 0 Å². The Hall–Kier alpha value is -1.71. The van der Waals surface area contributed by atoms with Crippen molar-refractivity contribution in [3.05, 3.63) is 23.8 Å². The number of nitrogens with zero attached hydrogens (tertiary/aromatic N) is 1. The molecular weight excluding hydrogens is 214 g/mol. The van der Waals surface area contributed by atoms with Gasteiger partial charge in [0, 0.05) is 45.0 Å². The first-order valence-electron chi connectivity index (χ1n) is 5.99. The number of rotatable bonds is 4. The van der Waals surface area contributed by atoms with E-state index in [1.807, 2.05) is 0 Å². The van der Waals surface area contributed by atoms with Crippen molar-refractivity contribution in [2.75, 3.05) is 36.9 Å². The smallest absolute Gasteiger partial charge is 0.216 e. The van der Waals surface area contributed by atoms with E-state index in [4.69, 9.17) is 0 Å². The molecule has 0 radical (unpaired) electrons. The molecule has 2 N–H and O–H groups in total. The zero-order chi connectivity index (χ0) is 12.3. The monoisotopic (exact) mass is 233 g/mol. The Bertz CT molecular complexity index is 417. The van der Waals surface area contributed by atoms with E-state index < -0.39 is 0 Å². The SMILES string of the molecule is CC(=O)NCCNc1ccc2c(c1)CCN2C. The first-order chi connectivity index (χ1) is 8.16. The first kappa shape index (κ1) is 11.8. The third-order valence-corrected chi connectivity index (χ3v) is 3.04. The van der Waals surface area contributed by atoms with E-state index in [-0.39, 0.29) is 5.91 Å². The summed E-state index contributed by atoms with van der Waals surface area (Å²) in [7, 11) is 2.12. The van der Waals surface area contributed by atoms with Gasteiger partial charge < -0.3 is 15.5 Å². The maximum Gasteiger partial charge on any atom is 0.216 e. The fraction of sp³-hybridized carbons (Fsp3) is 0.462. The van der Waals surface area contributed by atoms with Gasteiger partial charge in [-0.2, -0.15) is 0 Å². The molecule has 0 bridgehead atoms. The maximum absolute atomic E-state index is 10.7. The minimum Gasteiger partial charge on any atom is -0.383 e. The second-order valence-corrected chi connectivity index (χ2v) is 4.42. The van der Waals surface area contributed by atoms with Crippen LogP contribution in [0, 0.1) is 0 Å². The molecule has 1 aliphatic rings. The Morgan fingerprint density at radius 1 is 1.41 bits per heavy atom. The Morgan fingerprint density at radius 3 is 3.00 bits per heavy atom. The summed E-state index contributed by atoms with van der Waals surface area (Å²) in [6.07, 6.45) is 1.12. The number of hydrogen-bond acceptors (Lipinski definition) is 3. The van der Waals surface area contributed by atoms with Crippen LogP contribution < -0.4 is 15.5 Å². The van der Waals surface area contributed by atoms with E-state index in [1.165, 1.54) is 18.2 Å². The normalized spacial score (nSPS) is 13.4. The molecule has 2 rings (SSSR count). The van der Waals surface area contributed by atoms with Crippen LogP contribution in [0.15, 0.2) is 18.2 Å². The predicted molar refractivity (Wildman–Crippen MR) is 70.6 cm³/mol. The predicted octanol–water partition coefficient (Wildman–Crippen LogP) is 1.23. The lowest BCUT2D eigenvalue weighted by atomic mass is 10.1. The number of carbonyl (C=O) groups is 1. The number of fused-ring (bicyclic) bond motifs is 1. The van der Waals surface area contributed by atoms with Gasteiger partial charge in [0.15, 0.2) is 0 Å². The van der Waals surface area contributed by atoms with Crippen molar-refractivity contribution in [3.8, 4) is 0 Å². The van der Waals surface area contributed by atoms with Gasteiger partial charge in [0.25, 0.3) is 0 Å². The lowest BCUT2D eigenvalue weighted by Crippen LogP contribution is -2.26. The van der Waals surface area contributed by atoms with Gasteiger partial charge in [-0.3, -0.25) is 4.79 Å². The molecule has 1 aliphatic heterocycles. The Balaban J connectivity index is 1.88. The number of carbonyl (C=O) groups excluding carboxylic acids is 1. The minimum absolute atomic E-state index is 0.0161. The fourth-order valence-corrected chi connectivity index (χ4v) is 2.12. The topological polar surface area (TPSA) is 44.4 Å². The van der Waals surface area contributed by atoms with Crippen LogP contribution in [-0.2, 0) is 11.2 Å². The summed E-state index contributed by atoms with van der Waals surface area (Å²) in [6.45, 7) is 4.05. The molecule has 0 aliphatic carbocycles. The van der Waals surface area contributed by atoms with Crippen molar-refractivity contribution in [1.82, 2.24) is 5.32 Å². The molecule has 0 saturated carbocycles. The fourth-order valence-electron chi connectivity index (χ4n) is 2.12. The van der Waals surface area contributed by atoms with Gasteiger partial charge in [0.1, 0.15) is 0 Å². The zero-order valence-corrected chi connectivity index (χ0v) is 10.4. The molecule has 92 valence electrons. The van der Waals surface area contributed by atoms with E-state index in [9.17, 15) is 4.79 Å². The summed E-state index contributed by atoms with van der Waals surface area (Å²) in [4.78, 5) is 13.0. The van der Waals surface area contributed by atoms with Gasteiger partial charge in [-0.15, -0.1) is 0 Å². The van der Waals surface area contributed by atoms with Crippen LogP contribution in [0.5, 0.6) is 0 Å². The molecule has 4 heteroatoms. The number of amides is 1. The van der Waals surface area contributed by atoms with E-state index >= 15 is 0 Å². The summed E-state index contributed by atoms with van der Waals surface area (Å²) < 4.78 is 0. The Kier molecular flexibility index (Phi) is 3.52. The highest BCUT2D eigenvalue weighted by molar-refractivity contribution is 5.72. The molecule has 1 heterocycles. The number of anilines is 2. The quantitative estimate of drug-likeness (QED) is 0.769. The summed E-state index contributed by atoms with van der Waals surface area (Å²) in [5.74, 6) is 0.0161. The maximum atomic E-state index is 10.7. The van der Waals surface area contributed by atoms with Crippen molar-refractivity contribution >= 4 is 17.3 Å². The molecule has 0 fully saturated rings. The van der Waals surface area contributed by atoms with Crippen LogP contribution in [0.25, 0.3) is 0 Å². The van der Waals surface area contributed by atoms with Gasteiger partial charge in [-0.25, -0.2) is 0 Å². The highest BCUT2D eigenvalue weighted by Crippen LogP contribution is 2.28. The van der Waals surface area contributed by atoms with Crippen molar-refractivity contribution in [3.63, 3.8) is 0 Å². The van der Waals surface area contributed by atoms with E-state index in [0.717, 1.165) is 25.2 Å². The van der Waals surface area contributed by atoms with Gasteiger partial charge in [-0.05, 0) is 30.2 Å². The molecular formula is C13H19N3O. The lowest BCUT2D eigenvalue weighted by molar-refractivity contribution is -0.118. The molecule has 17 heavy (non-hydrogen) atoms. The van der Waals surface area contributed by atoms with Crippen molar-refractivity contribution in [1.29, 1.82) is 0 Å². The highest BCUT2D eigenvalue weighted by atomic mass is 16.1. The van der Waals surface area contributed by atoms with Crippen LogP contribution in [0.4, 0.5) is 11.4 Å². The molecule has 0 saturated heterocycles. The second kappa shape index (κ2) is 5.08. The average molecular weight is 233 g/mol. The molecule has 0 spiro atoms. The first-order valence-corrected chi connectivity index (χ1v) is 5.99. The minimum atomic E-state index is 0.0161. The number of likely N-dealkylation sites (N-methyl/N-ethyl adjacent to an activating group) is 1. The van der Waals surface area contributed by atoms with E-state index in [1.54, 1.807) is 0 Å². The summed E-state index contributed by atoms with van der Waals surface area (Å²) in [5, 5.41) is 6.08. The molecule has 4 nitrogen and oxygen atoms in total. The third kappa shape index (κ3) is 2.90. The summed E-state index contributed by atoms with van der Waals surface area (Å²) in [5.41, 5.74) is 3.86. The van der Waals surface area contributed by atoms with Crippen LogP contribution >= 0.6 is 0 Å². The number of hydrogen-bond donors (Lipinski definition) is 2. The zero-order valence-electron chi connectivity index (χ0n) is 10.4. The van der Waals surface area contributed by atoms with Crippen LogP contribution in [0.2, 0.25) is 0 Å². The molecule has 0 atom stereocenters. The summed E-state index contributed by atoms with van der Waals surface area (Å²) in [6, 6.07) is 6.45. The van der Waals surface area contributed by atoms with E-state index in [0.29, 0.717) is 6.54 Å². The van der Waals surface area contributed by atoms with Crippen LogP contribution in [-0.4, -0.2) is 32.6 Å². The van der Waals surface area contributed by atoms with Crippen LogP contribution in [0.3, 0.4) is 0 Å².